The second kappa shape index (κ2) is 6.52. The monoisotopic (exact) mass is 277 g/mol. The van der Waals surface area contributed by atoms with Crippen LogP contribution in [-0.4, -0.2) is 41.6 Å². The molecule has 0 amide bonds. The minimum absolute atomic E-state index is 0.118. The summed E-state index contributed by atoms with van der Waals surface area (Å²) in [7, 11) is 1.36. The number of esters is 1. The molecular weight excluding hydrogens is 258 g/mol. The summed E-state index contributed by atoms with van der Waals surface area (Å²) in [6, 6.07) is 7.38. The lowest BCUT2D eigenvalue weighted by molar-refractivity contribution is -0.138. The van der Waals surface area contributed by atoms with Crippen molar-refractivity contribution in [2.24, 2.45) is 0 Å². The van der Waals surface area contributed by atoms with Crippen molar-refractivity contribution in [3.8, 4) is 0 Å². The number of benzene rings is 1. The van der Waals surface area contributed by atoms with Crippen LogP contribution in [0.4, 0.5) is 0 Å². The Labute approximate surface area is 118 Å². The van der Waals surface area contributed by atoms with Gasteiger partial charge in [-0.15, -0.1) is 0 Å². The second-order valence-corrected chi connectivity index (χ2v) is 5.05. The minimum atomic E-state index is -0.747. The summed E-state index contributed by atoms with van der Waals surface area (Å²) in [4.78, 5) is 24.4. The van der Waals surface area contributed by atoms with E-state index in [1.807, 2.05) is 12.1 Å². The molecule has 0 saturated carbocycles. The summed E-state index contributed by atoms with van der Waals surface area (Å²) in [5.74, 6) is -1.09. The van der Waals surface area contributed by atoms with Crippen molar-refractivity contribution in [1.82, 2.24) is 4.90 Å². The topological polar surface area (TPSA) is 66.8 Å². The molecule has 1 aromatic carbocycles. The predicted octanol–water partition coefficient (Wildman–Crippen LogP) is 1.91. The normalized spacial score (nSPS) is 18.9. The minimum Gasteiger partial charge on any atom is -0.481 e. The Kier molecular flexibility index (Phi) is 4.74. The summed E-state index contributed by atoms with van der Waals surface area (Å²) >= 11 is 0. The van der Waals surface area contributed by atoms with E-state index in [0.29, 0.717) is 5.56 Å². The molecule has 1 aliphatic rings. The fourth-order valence-corrected chi connectivity index (χ4v) is 2.63. The number of carboxylic acid groups (broad SMARTS) is 1. The van der Waals surface area contributed by atoms with Crippen LogP contribution >= 0.6 is 0 Å². The Bertz CT molecular complexity index is 483. The first-order valence-corrected chi connectivity index (χ1v) is 6.73. The van der Waals surface area contributed by atoms with Crippen LogP contribution in [0.2, 0.25) is 0 Å². The highest BCUT2D eigenvalue weighted by atomic mass is 16.5. The second-order valence-electron chi connectivity index (χ2n) is 5.05. The Morgan fingerprint density at radius 3 is 2.65 bits per heavy atom. The van der Waals surface area contributed by atoms with Gasteiger partial charge in [0.05, 0.1) is 19.1 Å². The van der Waals surface area contributed by atoms with E-state index in [4.69, 9.17) is 5.11 Å². The molecule has 0 aromatic heterocycles. The first-order valence-electron chi connectivity index (χ1n) is 6.73. The molecule has 1 unspecified atom stereocenters. The Morgan fingerprint density at radius 2 is 2.05 bits per heavy atom. The Hall–Kier alpha value is -1.88. The number of hydrogen-bond donors (Lipinski definition) is 1. The number of carbonyl (C=O) groups excluding carboxylic acids is 1. The van der Waals surface area contributed by atoms with Gasteiger partial charge in [0.2, 0.25) is 0 Å². The fourth-order valence-electron chi connectivity index (χ4n) is 2.63. The summed E-state index contributed by atoms with van der Waals surface area (Å²) in [5, 5.41) is 8.90. The molecule has 5 heteroatoms. The van der Waals surface area contributed by atoms with Crippen molar-refractivity contribution in [3.05, 3.63) is 35.4 Å². The molecular formula is C15H19NO4. The van der Waals surface area contributed by atoms with Crippen LogP contribution in [0.25, 0.3) is 0 Å². The third-order valence-corrected chi connectivity index (χ3v) is 3.67. The lowest BCUT2D eigenvalue weighted by atomic mass is 10.1. The van der Waals surface area contributed by atoms with Gasteiger partial charge in [-0.05, 0) is 37.1 Å². The zero-order valence-electron chi connectivity index (χ0n) is 11.5. The van der Waals surface area contributed by atoms with Crippen LogP contribution in [0.3, 0.4) is 0 Å². The summed E-state index contributed by atoms with van der Waals surface area (Å²) in [5.41, 5.74) is 1.61. The van der Waals surface area contributed by atoms with E-state index in [9.17, 15) is 9.59 Å². The van der Waals surface area contributed by atoms with Crippen molar-refractivity contribution in [3.63, 3.8) is 0 Å². The molecule has 1 atom stereocenters. The summed E-state index contributed by atoms with van der Waals surface area (Å²) < 4.78 is 4.66. The molecule has 108 valence electrons. The van der Waals surface area contributed by atoms with Crippen LogP contribution in [0.1, 0.15) is 35.2 Å². The first kappa shape index (κ1) is 14.5. The van der Waals surface area contributed by atoms with Gasteiger partial charge in [0.25, 0.3) is 0 Å². The van der Waals surface area contributed by atoms with Crippen LogP contribution < -0.4 is 0 Å². The Morgan fingerprint density at radius 1 is 1.35 bits per heavy atom. The third kappa shape index (κ3) is 3.57. The van der Waals surface area contributed by atoms with Crippen molar-refractivity contribution in [1.29, 1.82) is 0 Å². The number of likely N-dealkylation sites (tertiary alicyclic amines) is 1. The summed E-state index contributed by atoms with van der Waals surface area (Å²) in [6.07, 6.45) is 2.17. The van der Waals surface area contributed by atoms with Crippen LogP contribution in [-0.2, 0) is 16.1 Å². The van der Waals surface area contributed by atoms with E-state index < -0.39 is 5.97 Å². The molecule has 1 heterocycles. The molecule has 0 radical (unpaired) electrons. The maximum atomic E-state index is 11.3. The van der Waals surface area contributed by atoms with E-state index in [-0.39, 0.29) is 18.4 Å². The molecule has 0 bridgehead atoms. The highest BCUT2D eigenvalue weighted by molar-refractivity contribution is 5.89. The van der Waals surface area contributed by atoms with Gasteiger partial charge in [0.15, 0.2) is 0 Å². The fraction of sp³-hybridized carbons (Fsp3) is 0.467. The average molecular weight is 277 g/mol. The van der Waals surface area contributed by atoms with Crippen molar-refractivity contribution in [2.75, 3.05) is 13.7 Å². The number of nitrogens with zero attached hydrogens (tertiary/aromatic N) is 1. The molecule has 5 nitrogen and oxygen atoms in total. The highest BCUT2D eigenvalue weighted by Gasteiger charge is 2.26. The largest absolute Gasteiger partial charge is 0.481 e. The Balaban J connectivity index is 1.99. The lowest BCUT2D eigenvalue weighted by Gasteiger charge is -2.23. The zero-order chi connectivity index (χ0) is 14.5. The average Bonchev–Trinajstić information content (AvgIpc) is 2.85. The van der Waals surface area contributed by atoms with Gasteiger partial charge in [0.1, 0.15) is 0 Å². The maximum absolute atomic E-state index is 11.3. The van der Waals surface area contributed by atoms with E-state index in [1.165, 1.54) is 7.11 Å². The number of carbonyl (C=O) groups is 2. The van der Waals surface area contributed by atoms with E-state index in [2.05, 4.69) is 9.64 Å². The van der Waals surface area contributed by atoms with Gasteiger partial charge in [-0.2, -0.15) is 0 Å². The van der Waals surface area contributed by atoms with Crippen LogP contribution in [0.5, 0.6) is 0 Å². The zero-order valence-corrected chi connectivity index (χ0v) is 11.5. The molecule has 1 N–H and O–H groups in total. The molecule has 0 aliphatic carbocycles. The number of ether oxygens (including phenoxy) is 1. The van der Waals surface area contributed by atoms with Gasteiger partial charge in [-0.25, -0.2) is 4.79 Å². The molecule has 1 fully saturated rings. The lowest BCUT2D eigenvalue weighted by Crippen LogP contribution is -2.30. The standard InChI is InChI=1S/C15H19NO4/c1-20-15(19)12-6-4-11(5-7-12)10-16-8-2-3-13(16)9-14(17)18/h4-7,13H,2-3,8-10H2,1H3,(H,17,18). The van der Waals surface area contributed by atoms with Gasteiger partial charge >= 0.3 is 11.9 Å². The summed E-state index contributed by atoms with van der Waals surface area (Å²) in [6.45, 7) is 1.65. The highest BCUT2D eigenvalue weighted by Crippen LogP contribution is 2.22. The van der Waals surface area contributed by atoms with Crippen molar-refractivity contribution < 1.29 is 19.4 Å². The van der Waals surface area contributed by atoms with Crippen molar-refractivity contribution >= 4 is 11.9 Å². The molecule has 1 saturated heterocycles. The first-order chi connectivity index (χ1) is 9.60. The van der Waals surface area contributed by atoms with E-state index in [1.54, 1.807) is 12.1 Å². The van der Waals surface area contributed by atoms with E-state index in [0.717, 1.165) is 31.5 Å². The van der Waals surface area contributed by atoms with Gasteiger partial charge < -0.3 is 9.84 Å². The number of rotatable bonds is 5. The number of hydrogen-bond acceptors (Lipinski definition) is 4. The molecule has 1 aromatic rings. The van der Waals surface area contributed by atoms with Crippen LogP contribution in [0, 0.1) is 0 Å². The predicted molar refractivity (Wildman–Crippen MR) is 73.5 cm³/mol. The van der Waals surface area contributed by atoms with Crippen molar-refractivity contribution in [2.45, 2.75) is 31.8 Å². The number of methoxy groups -OCH3 is 1. The molecule has 20 heavy (non-hydrogen) atoms. The van der Waals surface area contributed by atoms with Gasteiger partial charge in [0, 0.05) is 12.6 Å². The molecule has 2 rings (SSSR count). The quantitative estimate of drug-likeness (QED) is 0.833. The smallest absolute Gasteiger partial charge is 0.337 e. The SMILES string of the molecule is COC(=O)c1ccc(CN2CCCC2CC(=O)O)cc1. The number of carboxylic acids is 1. The van der Waals surface area contributed by atoms with Crippen LogP contribution in [0.15, 0.2) is 24.3 Å². The number of aliphatic carboxylic acids is 1. The maximum Gasteiger partial charge on any atom is 0.337 e. The van der Waals surface area contributed by atoms with Gasteiger partial charge in [-0.1, -0.05) is 12.1 Å². The molecule has 0 spiro atoms. The molecule has 1 aliphatic heterocycles. The third-order valence-electron chi connectivity index (χ3n) is 3.67. The van der Waals surface area contributed by atoms with Gasteiger partial charge in [-0.3, -0.25) is 9.69 Å². The van der Waals surface area contributed by atoms with E-state index >= 15 is 0 Å².